The van der Waals surface area contributed by atoms with Gasteiger partial charge in [0.25, 0.3) is 0 Å². The zero-order chi connectivity index (χ0) is 15.8. The first-order valence-corrected chi connectivity index (χ1v) is 7.83. The molecule has 2 N–H and O–H groups in total. The zero-order valence-corrected chi connectivity index (χ0v) is 12.7. The van der Waals surface area contributed by atoms with Gasteiger partial charge in [0.05, 0.1) is 0 Å². The lowest BCUT2D eigenvalue weighted by Gasteiger charge is -2.23. The van der Waals surface area contributed by atoms with E-state index in [-0.39, 0.29) is 0 Å². The van der Waals surface area contributed by atoms with Gasteiger partial charge >= 0.3 is 5.97 Å². The van der Waals surface area contributed by atoms with Gasteiger partial charge in [-0.2, -0.15) is 0 Å². The predicted molar refractivity (Wildman–Crippen MR) is 89.4 cm³/mol. The molecule has 1 atom stereocenters. The van der Waals surface area contributed by atoms with Gasteiger partial charge in [-0.1, -0.05) is 48.5 Å². The van der Waals surface area contributed by atoms with Crippen LogP contribution in [0, 0.1) is 0 Å². The SMILES string of the molecule is O=C(O)[C@@H]1Cc2c(c3ccccc3n2Cc2ccccc2)CN1. The molecule has 0 unspecified atom stereocenters. The van der Waals surface area contributed by atoms with Crippen LogP contribution in [-0.4, -0.2) is 21.7 Å². The number of carboxylic acid groups (broad SMARTS) is 1. The Morgan fingerprint density at radius 2 is 1.87 bits per heavy atom. The molecule has 0 saturated heterocycles. The molecule has 23 heavy (non-hydrogen) atoms. The molecule has 4 rings (SSSR count). The third kappa shape index (κ3) is 2.41. The lowest BCUT2D eigenvalue weighted by molar-refractivity contribution is -0.139. The van der Waals surface area contributed by atoms with Crippen molar-refractivity contribution in [2.75, 3.05) is 0 Å². The number of aromatic nitrogens is 1. The standard InChI is InChI=1S/C19H18N2O2/c22-19(23)16-10-18-15(11-20-16)14-8-4-5-9-17(14)21(18)12-13-6-2-1-3-7-13/h1-9,16,20H,10-12H2,(H,22,23)/t16-/m0/s1. The zero-order valence-electron chi connectivity index (χ0n) is 12.7. The summed E-state index contributed by atoms with van der Waals surface area (Å²) in [5, 5.41) is 13.7. The van der Waals surface area contributed by atoms with Crippen molar-refractivity contribution < 1.29 is 9.90 Å². The van der Waals surface area contributed by atoms with Crippen LogP contribution in [0.5, 0.6) is 0 Å². The van der Waals surface area contributed by atoms with Crippen molar-refractivity contribution in [1.29, 1.82) is 0 Å². The van der Waals surface area contributed by atoms with E-state index in [1.165, 1.54) is 22.0 Å². The lowest BCUT2D eigenvalue weighted by Crippen LogP contribution is -2.42. The lowest BCUT2D eigenvalue weighted by atomic mass is 10.0. The highest BCUT2D eigenvalue weighted by Crippen LogP contribution is 2.30. The summed E-state index contributed by atoms with van der Waals surface area (Å²) in [6.45, 7) is 1.37. The molecule has 0 spiro atoms. The number of hydrogen-bond donors (Lipinski definition) is 2. The highest BCUT2D eigenvalue weighted by Gasteiger charge is 2.28. The van der Waals surface area contributed by atoms with Crippen LogP contribution in [0.15, 0.2) is 54.6 Å². The van der Waals surface area contributed by atoms with E-state index >= 15 is 0 Å². The molecule has 0 fully saturated rings. The largest absolute Gasteiger partial charge is 0.480 e. The molecule has 0 bridgehead atoms. The van der Waals surface area contributed by atoms with Gasteiger partial charge in [-0.3, -0.25) is 10.1 Å². The number of fused-ring (bicyclic) bond motifs is 3. The number of rotatable bonds is 3. The van der Waals surface area contributed by atoms with Gasteiger partial charge in [-0.05, 0) is 17.2 Å². The minimum absolute atomic E-state index is 0.513. The fourth-order valence-electron chi connectivity index (χ4n) is 3.47. The van der Waals surface area contributed by atoms with Crippen LogP contribution in [0.3, 0.4) is 0 Å². The molecule has 1 aliphatic heterocycles. The molecule has 4 nitrogen and oxygen atoms in total. The summed E-state index contributed by atoms with van der Waals surface area (Å²) in [5.74, 6) is -0.785. The maximum absolute atomic E-state index is 11.4. The number of benzene rings is 2. The molecule has 0 amide bonds. The highest BCUT2D eigenvalue weighted by atomic mass is 16.4. The van der Waals surface area contributed by atoms with Crippen LogP contribution in [0.2, 0.25) is 0 Å². The monoisotopic (exact) mass is 306 g/mol. The average molecular weight is 306 g/mol. The number of aliphatic carboxylic acids is 1. The van der Waals surface area contributed by atoms with Crippen LogP contribution in [0.4, 0.5) is 0 Å². The van der Waals surface area contributed by atoms with Crippen molar-refractivity contribution in [3.05, 3.63) is 71.4 Å². The van der Waals surface area contributed by atoms with Gasteiger partial charge in [0.1, 0.15) is 6.04 Å². The summed E-state index contributed by atoms with van der Waals surface area (Å²) >= 11 is 0. The van der Waals surface area contributed by atoms with Crippen LogP contribution in [-0.2, 0) is 24.3 Å². The summed E-state index contributed by atoms with van der Waals surface area (Å²) in [6, 6.07) is 18.1. The fraction of sp³-hybridized carbons (Fsp3) is 0.211. The number of hydrogen-bond acceptors (Lipinski definition) is 2. The second-order valence-corrected chi connectivity index (χ2v) is 5.99. The van der Waals surface area contributed by atoms with Gasteiger partial charge in [0.15, 0.2) is 0 Å². The third-order valence-electron chi connectivity index (χ3n) is 4.60. The summed E-state index contributed by atoms with van der Waals surface area (Å²) in [7, 11) is 0. The Bertz CT molecular complexity index is 868. The highest BCUT2D eigenvalue weighted by molar-refractivity contribution is 5.87. The molecule has 1 aliphatic rings. The molecule has 4 heteroatoms. The van der Waals surface area contributed by atoms with Crippen molar-refractivity contribution in [1.82, 2.24) is 9.88 Å². The first-order valence-electron chi connectivity index (χ1n) is 7.83. The molecule has 116 valence electrons. The van der Waals surface area contributed by atoms with Crippen molar-refractivity contribution in [3.8, 4) is 0 Å². The van der Waals surface area contributed by atoms with Crippen LogP contribution in [0.25, 0.3) is 10.9 Å². The topological polar surface area (TPSA) is 54.3 Å². The van der Waals surface area contributed by atoms with Crippen molar-refractivity contribution in [2.45, 2.75) is 25.6 Å². The van der Waals surface area contributed by atoms with Crippen LogP contribution < -0.4 is 5.32 Å². The molecule has 0 saturated carbocycles. The van der Waals surface area contributed by atoms with Crippen LogP contribution in [0.1, 0.15) is 16.8 Å². The number of carbonyl (C=O) groups is 1. The van der Waals surface area contributed by atoms with Gasteiger partial charge < -0.3 is 9.67 Å². The molecule has 3 aromatic rings. The molecule has 0 radical (unpaired) electrons. The maximum Gasteiger partial charge on any atom is 0.321 e. The number of nitrogens with one attached hydrogen (secondary N) is 1. The maximum atomic E-state index is 11.4. The third-order valence-corrected chi connectivity index (χ3v) is 4.60. The van der Waals surface area contributed by atoms with Crippen molar-refractivity contribution in [3.63, 3.8) is 0 Å². The average Bonchev–Trinajstić information content (AvgIpc) is 2.90. The van der Waals surface area contributed by atoms with Gasteiger partial charge in [-0.25, -0.2) is 0 Å². The Hall–Kier alpha value is -2.59. The van der Waals surface area contributed by atoms with E-state index in [2.05, 4.69) is 34.1 Å². The predicted octanol–water partition coefficient (Wildman–Crippen LogP) is 2.79. The minimum atomic E-state index is -0.785. The van der Waals surface area contributed by atoms with E-state index < -0.39 is 12.0 Å². The molecular formula is C19H18N2O2. The van der Waals surface area contributed by atoms with Gasteiger partial charge in [0, 0.05) is 36.1 Å². The van der Waals surface area contributed by atoms with Gasteiger partial charge in [0.2, 0.25) is 0 Å². The van der Waals surface area contributed by atoms with Crippen molar-refractivity contribution in [2.24, 2.45) is 0 Å². The second kappa shape index (κ2) is 5.56. The van der Waals surface area contributed by atoms with E-state index in [4.69, 9.17) is 0 Å². The molecule has 0 aliphatic carbocycles. The van der Waals surface area contributed by atoms with E-state index in [1.807, 2.05) is 30.3 Å². The Balaban J connectivity index is 1.85. The second-order valence-electron chi connectivity index (χ2n) is 5.99. The number of para-hydroxylation sites is 1. The molecule has 2 aromatic carbocycles. The normalized spacial score (nSPS) is 17.1. The summed E-state index contributed by atoms with van der Waals surface area (Å²) < 4.78 is 2.27. The Kier molecular flexibility index (Phi) is 3.39. The van der Waals surface area contributed by atoms with Crippen molar-refractivity contribution >= 4 is 16.9 Å². The molecule has 1 aromatic heterocycles. The summed E-state index contributed by atoms with van der Waals surface area (Å²) in [6.07, 6.45) is 0.520. The Labute approximate surface area is 134 Å². The summed E-state index contributed by atoms with van der Waals surface area (Å²) in [5.41, 5.74) is 4.77. The Morgan fingerprint density at radius 1 is 1.13 bits per heavy atom. The van der Waals surface area contributed by atoms with Crippen LogP contribution >= 0.6 is 0 Å². The van der Waals surface area contributed by atoms with E-state index in [9.17, 15) is 9.90 Å². The smallest absolute Gasteiger partial charge is 0.321 e. The summed E-state index contributed by atoms with van der Waals surface area (Å²) in [4.78, 5) is 11.4. The number of nitrogens with zero attached hydrogens (tertiary/aromatic N) is 1. The molecule has 2 heterocycles. The quantitative estimate of drug-likeness (QED) is 0.782. The fourth-order valence-corrected chi connectivity index (χ4v) is 3.47. The minimum Gasteiger partial charge on any atom is -0.480 e. The number of carboxylic acids is 1. The molecular weight excluding hydrogens is 288 g/mol. The van der Waals surface area contributed by atoms with E-state index in [0.717, 1.165) is 12.2 Å². The first-order chi connectivity index (χ1) is 11.2. The Morgan fingerprint density at radius 3 is 2.65 bits per heavy atom. The van der Waals surface area contributed by atoms with E-state index in [0.29, 0.717) is 13.0 Å². The first kappa shape index (κ1) is 14.0. The van der Waals surface area contributed by atoms with Gasteiger partial charge in [-0.15, -0.1) is 0 Å². The van der Waals surface area contributed by atoms with E-state index in [1.54, 1.807) is 0 Å².